The van der Waals surface area contributed by atoms with Crippen LogP contribution >= 0.6 is 0 Å². The summed E-state index contributed by atoms with van der Waals surface area (Å²) in [7, 11) is 1.71. The van der Waals surface area contributed by atoms with Crippen molar-refractivity contribution < 1.29 is 4.74 Å². The number of pyridine rings is 2. The van der Waals surface area contributed by atoms with Gasteiger partial charge in [0.1, 0.15) is 0 Å². The van der Waals surface area contributed by atoms with Gasteiger partial charge >= 0.3 is 0 Å². The first-order valence-electron chi connectivity index (χ1n) is 5.76. The predicted molar refractivity (Wildman–Crippen MR) is 69.0 cm³/mol. The molecule has 0 fully saturated rings. The monoisotopic (exact) mass is 230 g/mol. The van der Waals surface area contributed by atoms with Gasteiger partial charge in [0.15, 0.2) is 0 Å². The number of nitrogens with zero attached hydrogens (tertiary/aromatic N) is 2. The summed E-state index contributed by atoms with van der Waals surface area (Å²) in [5.74, 6) is 0. The van der Waals surface area contributed by atoms with Crippen LogP contribution in [-0.4, -0.2) is 17.1 Å². The van der Waals surface area contributed by atoms with Crippen LogP contribution in [0.3, 0.4) is 0 Å². The van der Waals surface area contributed by atoms with Gasteiger partial charge in [0.2, 0.25) is 0 Å². The molecule has 0 atom stereocenters. The molecular weight excluding hydrogens is 212 g/mol. The molecular formula is C14H18N2O. The second kappa shape index (κ2) is 4.41. The SMILES string of the molecule is COCc1ccnc2c(C(C)(C)C)nccc12. The second-order valence-corrected chi connectivity index (χ2v) is 5.21. The third-order valence-corrected chi connectivity index (χ3v) is 2.76. The number of aromatic nitrogens is 2. The maximum Gasteiger partial charge on any atom is 0.0926 e. The van der Waals surface area contributed by atoms with Gasteiger partial charge in [0.25, 0.3) is 0 Å². The molecule has 0 aliphatic heterocycles. The van der Waals surface area contributed by atoms with Crippen LogP contribution in [0, 0.1) is 0 Å². The lowest BCUT2D eigenvalue weighted by Gasteiger charge is -2.19. The quantitative estimate of drug-likeness (QED) is 0.795. The summed E-state index contributed by atoms with van der Waals surface area (Å²) in [5.41, 5.74) is 3.17. The van der Waals surface area contributed by atoms with Gasteiger partial charge in [-0.2, -0.15) is 0 Å². The number of ether oxygens (including phenoxy) is 1. The Balaban J connectivity index is 2.70. The van der Waals surface area contributed by atoms with Crippen LogP contribution in [-0.2, 0) is 16.8 Å². The molecule has 3 heteroatoms. The van der Waals surface area contributed by atoms with Gasteiger partial charge in [0.05, 0.1) is 17.8 Å². The standard InChI is InChI=1S/C14H18N2O/c1-14(2,3)13-12-11(6-8-16-13)10(9-17-4)5-7-15-12/h5-8H,9H2,1-4H3. The fourth-order valence-electron chi connectivity index (χ4n) is 1.97. The van der Waals surface area contributed by atoms with E-state index in [-0.39, 0.29) is 5.41 Å². The molecule has 0 amide bonds. The molecule has 0 aliphatic rings. The van der Waals surface area contributed by atoms with E-state index in [4.69, 9.17) is 4.74 Å². The summed E-state index contributed by atoms with van der Waals surface area (Å²) in [6, 6.07) is 4.00. The highest BCUT2D eigenvalue weighted by Crippen LogP contribution is 2.28. The Morgan fingerprint density at radius 2 is 1.82 bits per heavy atom. The summed E-state index contributed by atoms with van der Waals surface area (Å²) < 4.78 is 5.21. The minimum Gasteiger partial charge on any atom is -0.380 e. The van der Waals surface area contributed by atoms with Crippen molar-refractivity contribution in [1.82, 2.24) is 9.97 Å². The highest BCUT2D eigenvalue weighted by molar-refractivity contribution is 5.84. The van der Waals surface area contributed by atoms with E-state index in [9.17, 15) is 0 Å². The van der Waals surface area contributed by atoms with Gasteiger partial charge in [-0.15, -0.1) is 0 Å². The molecule has 0 unspecified atom stereocenters. The lowest BCUT2D eigenvalue weighted by atomic mass is 9.89. The fraction of sp³-hybridized carbons (Fsp3) is 0.429. The molecule has 0 saturated carbocycles. The summed E-state index contributed by atoms with van der Waals surface area (Å²) in [5, 5.41) is 1.13. The average molecular weight is 230 g/mol. The minimum absolute atomic E-state index is 0.00178. The maximum atomic E-state index is 5.21. The van der Waals surface area contributed by atoms with Crippen molar-refractivity contribution in [2.45, 2.75) is 32.8 Å². The molecule has 2 aromatic heterocycles. The van der Waals surface area contributed by atoms with E-state index in [0.717, 1.165) is 22.2 Å². The van der Waals surface area contributed by atoms with Crippen molar-refractivity contribution in [3.63, 3.8) is 0 Å². The van der Waals surface area contributed by atoms with Crippen LogP contribution in [0.4, 0.5) is 0 Å². The maximum absolute atomic E-state index is 5.21. The van der Waals surface area contributed by atoms with Crippen LogP contribution < -0.4 is 0 Å². The lowest BCUT2D eigenvalue weighted by molar-refractivity contribution is 0.186. The Morgan fingerprint density at radius 1 is 1.12 bits per heavy atom. The zero-order valence-corrected chi connectivity index (χ0v) is 10.8. The van der Waals surface area contributed by atoms with Crippen LogP contribution in [0.2, 0.25) is 0 Å². The molecule has 0 N–H and O–H groups in total. The second-order valence-electron chi connectivity index (χ2n) is 5.21. The smallest absolute Gasteiger partial charge is 0.0926 e. The minimum atomic E-state index is -0.00178. The topological polar surface area (TPSA) is 35.0 Å². The first kappa shape index (κ1) is 12.0. The van der Waals surface area contributed by atoms with E-state index >= 15 is 0 Å². The third kappa shape index (κ3) is 2.29. The molecule has 0 bridgehead atoms. The molecule has 0 saturated heterocycles. The van der Waals surface area contributed by atoms with Crippen molar-refractivity contribution >= 4 is 10.9 Å². The highest BCUT2D eigenvalue weighted by atomic mass is 16.5. The lowest BCUT2D eigenvalue weighted by Crippen LogP contribution is -2.14. The summed E-state index contributed by atoms with van der Waals surface area (Å²) >= 11 is 0. The van der Waals surface area contributed by atoms with Crippen molar-refractivity contribution in [2.24, 2.45) is 0 Å². The third-order valence-electron chi connectivity index (χ3n) is 2.76. The largest absolute Gasteiger partial charge is 0.380 e. The normalized spacial score (nSPS) is 12.0. The van der Waals surface area contributed by atoms with Crippen molar-refractivity contribution in [2.75, 3.05) is 7.11 Å². The molecule has 0 radical (unpaired) electrons. The molecule has 0 spiro atoms. The van der Waals surface area contributed by atoms with E-state index in [1.165, 1.54) is 0 Å². The molecule has 0 aliphatic carbocycles. The average Bonchev–Trinajstić information content (AvgIpc) is 2.28. The van der Waals surface area contributed by atoms with Gasteiger partial charge in [-0.1, -0.05) is 20.8 Å². The van der Waals surface area contributed by atoms with Crippen LogP contribution in [0.5, 0.6) is 0 Å². The summed E-state index contributed by atoms with van der Waals surface area (Å²) in [6.07, 6.45) is 3.68. The zero-order valence-electron chi connectivity index (χ0n) is 10.8. The Labute approximate surface area is 102 Å². The number of hydrogen-bond acceptors (Lipinski definition) is 3. The Hall–Kier alpha value is -1.48. The van der Waals surface area contributed by atoms with E-state index in [1.54, 1.807) is 7.11 Å². The number of methoxy groups -OCH3 is 1. The molecule has 0 aromatic carbocycles. The Morgan fingerprint density at radius 3 is 2.47 bits per heavy atom. The first-order valence-corrected chi connectivity index (χ1v) is 5.76. The highest BCUT2D eigenvalue weighted by Gasteiger charge is 2.19. The van der Waals surface area contributed by atoms with Crippen LogP contribution in [0.15, 0.2) is 24.5 Å². The molecule has 2 aromatic rings. The zero-order chi connectivity index (χ0) is 12.5. The number of hydrogen-bond donors (Lipinski definition) is 0. The first-order chi connectivity index (χ1) is 8.04. The molecule has 90 valence electrons. The number of fused-ring (bicyclic) bond motifs is 1. The Bertz CT molecular complexity index is 529. The summed E-state index contributed by atoms with van der Waals surface area (Å²) in [6.45, 7) is 7.06. The van der Waals surface area contributed by atoms with Crippen LogP contribution in [0.1, 0.15) is 32.0 Å². The molecule has 2 heterocycles. The van der Waals surface area contributed by atoms with E-state index < -0.39 is 0 Å². The van der Waals surface area contributed by atoms with E-state index in [2.05, 4.69) is 30.7 Å². The fourth-order valence-corrected chi connectivity index (χ4v) is 1.97. The van der Waals surface area contributed by atoms with Crippen molar-refractivity contribution in [1.29, 1.82) is 0 Å². The van der Waals surface area contributed by atoms with Gasteiger partial charge in [0, 0.05) is 30.3 Å². The van der Waals surface area contributed by atoms with Gasteiger partial charge in [-0.3, -0.25) is 9.97 Å². The van der Waals surface area contributed by atoms with E-state index in [1.807, 2.05) is 24.5 Å². The van der Waals surface area contributed by atoms with Gasteiger partial charge in [-0.05, 0) is 17.7 Å². The van der Waals surface area contributed by atoms with Crippen molar-refractivity contribution in [3.05, 3.63) is 35.8 Å². The molecule has 17 heavy (non-hydrogen) atoms. The van der Waals surface area contributed by atoms with Crippen LogP contribution in [0.25, 0.3) is 10.9 Å². The van der Waals surface area contributed by atoms with Gasteiger partial charge in [-0.25, -0.2) is 0 Å². The molecule has 2 rings (SSSR count). The summed E-state index contributed by atoms with van der Waals surface area (Å²) in [4.78, 5) is 8.95. The predicted octanol–water partition coefficient (Wildman–Crippen LogP) is 3.07. The van der Waals surface area contributed by atoms with Crippen molar-refractivity contribution in [3.8, 4) is 0 Å². The molecule has 3 nitrogen and oxygen atoms in total. The number of rotatable bonds is 2. The van der Waals surface area contributed by atoms with Gasteiger partial charge < -0.3 is 4.74 Å². The van der Waals surface area contributed by atoms with E-state index in [0.29, 0.717) is 6.61 Å². The Kier molecular flexibility index (Phi) is 3.11.